The maximum Gasteiger partial charge on any atom is 0.310 e. The van der Waals surface area contributed by atoms with Crippen LogP contribution in [0.3, 0.4) is 0 Å². The standard InChI is InChI=1S/C9H11NO5.C9H9NO4/c11-5-7(12)6-15-9-4-2-1-3-8(9)10(13)14;11-10(12)8-3-1-2-4-9(8)14-6-7-5-13-7/h1-4,7,11-12H,5-6H2;1-4,7H,5-6H2. The molecule has 156 valence electrons. The predicted octanol–water partition coefficient (Wildman–Crippen LogP) is 1.70. The van der Waals surface area contributed by atoms with Gasteiger partial charge in [-0.15, -0.1) is 0 Å². The van der Waals surface area contributed by atoms with Crippen molar-refractivity contribution in [2.75, 3.05) is 26.4 Å². The third-order valence-electron chi connectivity index (χ3n) is 3.59. The van der Waals surface area contributed by atoms with Crippen molar-refractivity contribution >= 4 is 11.4 Å². The van der Waals surface area contributed by atoms with Gasteiger partial charge in [-0.25, -0.2) is 0 Å². The fraction of sp³-hybridized carbons (Fsp3) is 0.333. The summed E-state index contributed by atoms with van der Waals surface area (Å²) in [5.74, 6) is 0.378. The molecule has 0 amide bonds. The van der Waals surface area contributed by atoms with E-state index in [1.807, 2.05) is 0 Å². The van der Waals surface area contributed by atoms with Crippen molar-refractivity contribution in [1.82, 2.24) is 0 Å². The quantitative estimate of drug-likeness (QED) is 0.358. The number of rotatable bonds is 9. The highest BCUT2D eigenvalue weighted by Gasteiger charge is 2.24. The zero-order chi connectivity index (χ0) is 21.2. The summed E-state index contributed by atoms with van der Waals surface area (Å²) in [5.41, 5.74) is -0.171. The van der Waals surface area contributed by atoms with Crippen molar-refractivity contribution in [2.24, 2.45) is 0 Å². The van der Waals surface area contributed by atoms with E-state index in [0.717, 1.165) is 0 Å². The first kappa shape index (κ1) is 22.0. The third-order valence-corrected chi connectivity index (χ3v) is 3.59. The average Bonchev–Trinajstić information content (AvgIpc) is 3.55. The lowest BCUT2D eigenvalue weighted by molar-refractivity contribution is -0.386. The average molecular weight is 408 g/mol. The topological polar surface area (TPSA) is 158 Å². The minimum absolute atomic E-state index is 0.00634. The molecule has 11 nitrogen and oxygen atoms in total. The van der Waals surface area contributed by atoms with Gasteiger partial charge in [-0.3, -0.25) is 20.2 Å². The van der Waals surface area contributed by atoms with Gasteiger partial charge in [-0.1, -0.05) is 24.3 Å². The summed E-state index contributed by atoms with van der Waals surface area (Å²) in [6, 6.07) is 12.2. The van der Waals surface area contributed by atoms with E-state index >= 15 is 0 Å². The number of para-hydroxylation sites is 4. The summed E-state index contributed by atoms with van der Waals surface area (Å²) in [6.45, 7) is 0.438. The number of aliphatic hydroxyl groups excluding tert-OH is 2. The normalized spacial score (nSPS) is 15.4. The number of nitro benzene ring substituents is 2. The van der Waals surface area contributed by atoms with Gasteiger partial charge >= 0.3 is 11.4 Å². The van der Waals surface area contributed by atoms with E-state index in [0.29, 0.717) is 19.0 Å². The van der Waals surface area contributed by atoms with E-state index in [-0.39, 0.29) is 29.8 Å². The highest BCUT2D eigenvalue weighted by Crippen LogP contribution is 2.27. The summed E-state index contributed by atoms with van der Waals surface area (Å²) >= 11 is 0. The molecule has 0 radical (unpaired) electrons. The van der Waals surface area contributed by atoms with Gasteiger partial charge in [0.15, 0.2) is 11.5 Å². The molecule has 0 bridgehead atoms. The molecule has 2 aromatic carbocycles. The Kier molecular flexibility index (Phi) is 8.27. The first-order valence-electron chi connectivity index (χ1n) is 8.55. The molecular weight excluding hydrogens is 388 g/mol. The van der Waals surface area contributed by atoms with Crippen molar-refractivity contribution in [3.8, 4) is 11.5 Å². The maximum atomic E-state index is 10.6. The molecule has 1 aliphatic rings. The summed E-state index contributed by atoms with van der Waals surface area (Å²) in [4.78, 5) is 20.1. The van der Waals surface area contributed by atoms with Gasteiger partial charge in [0, 0.05) is 12.1 Å². The lowest BCUT2D eigenvalue weighted by Crippen LogP contribution is -2.21. The van der Waals surface area contributed by atoms with Gasteiger partial charge in [-0.05, 0) is 12.1 Å². The summed E-state index contributed by atoms with van der Waals surface area (Å²) in [7, 11) is 0. The molecule has 1 saturated heterocycles. The van der Waals surface area contributed by atoms with Crippen molar-refractivity contribution < 1.29 is 34.3 Å². The van der Waals surface area contributed by atoms with Gasteiger partial charge in [-0.2, -0.15) is 0 Å². The van der Waals surface area contributed by atoms with Gasteiger partial charge in [0.1, 0.15) is 25.4 Å². The number of aliphatic hydroxyl groups is 2. The van der Waals surface area contributed by atoms with E-state index in [1.54, 1.807) is 24.3 Å². The number of hydrogen-bond acceptors (Lipinski definition) is 9. The number of benzene rings is 2. The van der Waals surface area contributed by atoms with Crippen molar-refractivity contribution in [1.29, 1.82) is 0 Å². The Labute approximate surface area is 165 Å². The maximum absolute atomic E-state index is 10.6. The number of nitrogens with zero attached hydrogens (tertiary/aromatic N) is 2. The van der Waals surface area contributed by atoms with Crippen LogP contribution < -0.4 is 9.47 Å². The Morgan fingerprint density at radius 1 is 1.00 bits per heavy atom. The molecule has 11 heteroatoms. The third kappa shape index (κ3) is 7.33. The van der Waals surface area contributed by atoms with E-state index < -0.39 is 22.6 Å². The van der Waals surface area contributed by atoms with Crippen LogP contribution in [0.1, 0.15) is 0 Å². The van der Waals surface area contributed by atoms with E-state index in [9.17, 15) is 20.2 Å². The second-order valence-corrected chi connectivity index (χ2v) is 5.86. The second-order valence-electron chi connectivity index (χ2n) is 5.86. The molecule has 0 spiro atoms. The molecule has 3 rings (SSSR count). The second kappa shape index (κ2) is 10.9. The Balaban J connectivity index is 0.000000207. The number of nitro groups is 2. The monoisotopic (exact) mass is 408 g/mol. The SMILES string of the molecule is O=[N+]([O-])c1ccccc1OCC(O)CO.O=[N+]([O-])c1ccccc1OCC1CO1. The molecule has 1 fully saturated rings. The number of epoxide rings is 1. The van der Waals surface area contributed by atoms with Gasteiger partial charge < -0.3 is 24.4 Å². The molecule has 0 saturated carbocycles. The van der Waals surface area contributed by atoms with Crippen molar-refractivity contribution in [2.45, 2.75) is 12.2 Å². The fourth-order valence-electron chi connectivity index (χ4n) is 2.05. The number of ether oxygens (including phenoxy) is 3. The Morgan fingerprint density at radius 2 is 1.48 bits per heavy atom. The molecule has 29 heavy (non-hydrogen) atoms. The van der Waals surface area contributed by atoms with Crippen LogP contribution in [-0.2, 0) is 4.74 Å². The van der Waals surface area contributed by atoms with Crippen molar-refractivity contribution in [3.05, 3.63) is 68.8 Å². The molecular formula is C18H20N2O9. The van der Waals surface area contributed by atoms with Crippen LogP contribution in [-0.4, -0.2) is 58.7 Å². The van der Waals surface area contributed by atoms with Crippen LogP contribution >= 0.6 is 0 Å². The molecule has 2 unspecified atom stereocenters. The molecule has 0 aliphatic carbocycles. The molecule has 1 heterocycles. The minimum Gasteiger partial charge on any atom is -0.484 e. The molecule has 2 atom stereocenters. The van der Waals surface area contributed by atoms with Crippen LogP contribution in [0.25, 0.3) is 0 Å². The summed E-state index contributed by atoms with van der Waals surface area (Å²) in [5, 5.41) is 38.7. The fourth-order valence-corrected chi connectivity index (χ4v) is 2.05. The molecule has 0 aromatic heterocycles. The summed E-state index contributed by atoms with van der Waals surface area (Å²) < 4.78 is 15.2. The lowest BCUT2D eigenvalue weighted by atomic mass is 10.3. The van der Waals surface area contributed by atoms with E-state index in [1.165, 1.54) is 24.3 Å². The summed E-state index contributed by atoms with van der Waals surface area (Å²) in [6.07, 6.45) is -0.931. The molecule has 2 N–H and O–H groups in total. The van der Waals surface area contributed by atoms with Crippen LogP contribution in [0, 0.1) is 20.2 Å². The first-order chi connectivity index (χ1) is 13.9. The highest BCUT2D eigenvalue weighted by atomic mass is 16.6. The van der Waals surface area contributed by atoms with Crippen LogP contribution in [0.2, 0.25) is 0 Å². The van der Waals surface area contributed by atoms with Crippen LogP contribution in [0.4, 0.5) is 11.4 Å². The molecule has 2 aromatic rings. The largest absolute Gasteiger partial charge is 0.484 e. The first-order valence-corrected chi connectivity index (χ1v) is 8.55. The zero-order valence-electron chi connectivity index (χ0n) is 15.2. The number of hydrogen-bond donors (Lipinski definition) is 2. The Bertz CT molecular complexity index is 826. The predicted molar refractivity (Wildman–Crippen MR) is 100 cm³/mol. The van der Waals surface area contributed by atoms with Gasteiger partial charge in [0.25, 0.3) is 0 Å². The van der Waals surface area contributed by atoms with Crippen LogP contribution in [0.15, 0.2) is 48.5 Å². The van der Waals surface area contributed by atoms with Gasteiger partial charge in [0.05, 0.1) is 23.1 Å². The minimum atomic E-state index is -1.04. The van der Waals surface area contributed by atoms with E-state index in [2.05, 4.69) is 0 Å². The van der Waals surface area contributed by atoms with E-state index in [4.69, 9.17) is 24.4 Å². The Hall–Kier alpha value is -3.28. The van der Waals surface area contributed by atoms with Crippen LogP contribution in [0.5, 0.6) is 11.5 Å². The Morgan fingerprint density at radius 3 is 1.93 bits per heavy atom. The smallest absolute Gasteiger partial charge is 0.310 e. The van der Waals surface area contributed by atoms with Gasteiger partial charge in [0.2, 0.25) is 0 Å². The zero-order valence-corrected chi connectivity index (χ0v) is 15.2. The van der Waals surface area contributed by atoms with Crippen molar-refractivity contribution in [3.63, 3.8) is 0 Å². The molecule has 1 aliphatic heterocycles. The lowest BCUT2D eigenvalue weighted by Gasteiger charge is -2.09. The highest BCUT2D eigenvalue weighted by molar-refractivity contribution is 5.46.